The van der Waals surface area contributed by atoms with Crippen LogP contribution in [0.4, 0.5) is 0 Å². The van der Waals surface area contributed by atoms with Gasteiger partial charge in [-0.3, -0.25) is 0 Å². The van der Waals surface area contributed by atoms with Crippen molar-refractivity contribution in [3.05, 3.63) is 35.4 Å². The van der Waals surface area contributed by atoms with Gasteiger partial charge in [-0.25, -0.2) is 0 Å². The van der Waals surface area contributed by atoms with E-state index >= 15 is 0 Å². The van der Waals surface area contributed by atoms with Gasteiger partial charge in [0.2, 0.25) is 0 Å². The van der Waals surface area contributed by atoms with Gasteiger partial charge < -0.3 is 10.2 Å². The van der Waals surface area contributed by atoms with Gasteiger partial charge in [0.15, 0.2) is 0 Å². The number of benzene rings is 1. The lowest BCUT2D eigenvalue weighted by molar-refractivity contribution is 0.309. The molecule has 0 saturated carbocycles. The van der Waals surface area contributed by atoms with E-state index in [1.807, 2.05) is 0 Å². The predicted molar refractivity (Wildman–Crippen MR) is 80.0 cm³/mol. The molecule has 18 heavy (non-hydrogen) atoms. The summed E-state index contributed by atoms with van der Waals surface area (Å²) in [5, 5.41) is 3.60. The van der Waals surface area contributed by atoms with E-state index in [-0.39, 0.29) is 0 Å². The standard InChI is InChI=1S/C16H28N2/c1-5-11-18(4)12-10-16(17-6-2)15-9-7-8-14(3)13-15/h7-9,13,16-17H,5-6,10-12H2,1-4H3. The molecule has 1 aromatic rings. The van der Waals surface area contributed by atoms with Crippen LogP contribution in [-0.2, 0) is 0 Å². The van der Waals surface area contributed by atoms with Crippen molar-refractivity contribution >= 4 is 0 Å². The lowest BCUT2D eigenvalue weighted by Gasteiger charge is -2.22. The van der Waals surface area contributed by atoms with Crippen LogP contribution >= 0.6 is 0 Å². The van der Waals surface area contributed by atoms with E-state index in [9.17, 15) is 0 Å². The molecule has 0 amide bonds. The third kappa shape index (κ3) is 5.19. The molecule has 1 aromatic carbocycles. The second kappa shape index (κ2) is 8.28. The fourth-order valence-corrected chi connectivity index (χ4v) is 2.36. The summed E-state index contributed by atoms with van der Waals surface area (Å²) in [6.45, 7) is 9.94. The smallest absolute Gasteiger partial charge is 0.0332 e. The highest BCUT2D eigenvalue weighted by Crippen LogP contribution is 2.18. The number of hydrogen-bond donors (Lipinski definition) is 1. The first kappa shape index (κ1) is 15.2. The van der Waals surface area contributed by atoms with Crippen LogP contribution in [-0.4, -0.2) is 31.6 Å². The maximum atomic E-state index is 3.60. The number of hydrogen-bond acceptors (Lipinski definition) is 2. The van der Waals surface area contributed by atoms with Gasteiger partial charge in [-0.05, 0) is 52.0 Å². The number of nitrogens with one attached hydrogen (secondary N) is 1. The largest absolute Gasteiger partial charge is 0.310 e. The minimum Gasteiger partial charge on any atom is -0.310 e. The molecule has 0 aromatic heterocycles. The van der Waals surface area contributed by atoms with Gasteiger partial charge in [-0.15, -0.1) is 0 Å². The van der Waals surface area contributed by atoms with E-state index in [1.54, 1.807) is 0 Å². The summed E-state index contributed by atoms with van der Waals surface area (Å²) >= 11 is 0. The van der Waals surface area contributed by atoms with Crippen molar-refractivity contribution in [2.45, 2.75) is 39.7 Å². The average molecular weight is 248 g/mol. The Labute approximate surface area is 112 Å². The van der Waals surface area contributed by atoms with E-state index in [2.05, 4.69) is 62.3 Å². The molecule has 1 atom stereocenters. The maximum Gasteiger partial charge on any atom is 0.0332 e. The fourth-order valence-electron chi connectivity index (χ4n) is 2.36. The first-order valence-corrected chi connectivity index (χ1v) is 7.15. The highest BCUT2D eigenvalue weighted by molar-refractivity contribution is 5.25. The van der Waals surface area contributed by atoms with Gasteiger partial charge in [0.25, 0.3) is 0 Å². The molecule has 0 aliphatic rings. The van der Waals surface area contributed by atoms with Crippen molar-refractivity contribution in [3.63, 3.8) is 0 Å². The number of rotatable bonds is 8. The van der Waals surface area contributed by atoms with Gasteiger partial charge in [-0.2, -0.15) is 0 Å². The summed E-state index contributed by atoms with van der Waals surface area (Å²) in [6.07, 6.45) is 2.40. The minimum atomic E-state index is 0.481. The van der Waals surface area contributed by atoms with Crippen molar-refractivity contribution in [1.29, 1.82) is 0 Å². The maximum absolute atomic E-state index is 3.60. The van der Waals surface area contributed by atoms with E-state index in [1.165, 1.54) is 30.5 Å². The highest BCUT2D eigenvalue weighted by atomic mass is 15.1. The molecule has 1 unspecified atom stereocenters. The third-order valence-corrected chi connectivity index (χ3v) is 3.30. The van der Waals surface area contributed by atoms with Crippen molar-refractivity contribution < 1.29 is 0 Å². The first-order valence-electron chi connectivity index (χ1n) is 7.15. The van der Waals surface area contributed by atoms with Crippen LogP contribution in [0.2, 0.25) is 0 Å². The van der Waals surface area contributed by atoms with Gasteiger partial charge >= 0.3 is 0 Å². The molecule has 1 rings (SSSR count). The minimum absolute atomic E-state index is 0.481. The van der Waals surface area contributed by atoms with E-state index in [0.29, 0.717) is 6.04 Å². The van der Waals surface area contributed by atoms with Gasteiger partial charge in [0.1, 0.15) is 0 Å². The van der Waals surface area contributed by atoms with Crippen molar-refractivity contribution in [1.82, 2.24) is 10.2 Å². The van der Waals surface area contributed by atoms with Crippen LogP contribution in [0, 0.1) is 6.92 Å². The average Bonchev–Trinajstić information content (AvgIpc) is 2.35. The molecule has 0 spiro atoms. The normalized spacial score (nSPS) is 12.9. The zero-order valence-electron chi connectivity index (χ0n) is 12.4. The Bertz CT molecular complexity index is 336. The molecule has 102 valence electrons. The van der Waals surface area contributed by atoms with Crippen molar-refractivity contribution in [2.75, 3.05) is 26.7 Å². The molecule has 0 radical (unpaired) electrons. The monoisotopic (exact) mass is 248 g/mol. The van der Waals surface area contributed by atoms with Crippen LogP contribution in [0.15, 0.2) is 24.3 Å². The Balaban J connectivity index is 2.59. The Morgan fingerprint density at radius 1 is 1.22 bits per heavy atom. The third-order valence-electron chi connectivity index (χ3n) is 3.30. The molecule has 0 saturated heterocycles. The molecular formula is C16H28N2. The molecule has 0 aliphatic heterocycles. The van der Waals surface area contributed by atoms with E-state index < -0.39 is 0 Å². The zero-order valence-corrected chi connectivity index (χ0v) is 12.4. The van der Waals surface area contributed by atoms with E-state index in [0.717, 1.165) is 13.1 Å². The lowest BCUT2D eigenvalue weighted by Crippen LogP contribution is -2.27. The zero-order chi connectivity index (χ0) is 13.4. The predicted octanol–water partition coefficient (Wildman–Crippen LogP) is 3.38. The number of nitrogens with zero attached hydrogens (tertiary/aromatic N) is 1. The van der Waals surface area contributed by atoms with Crippen LogP contribution in [0.3, 0.4) is 0 Å². The Hall–Kier alpha value is -0.860. The van der Waals surface area contributed by atoms with Crippen molar-refractivity contribution in [2.24, 2.45) is 0 Å². The molecule has 0 heterocycles. The fraction of sp³-hybridized carbons (Fsp3) is 0.625. The first-order chi connectivity index (χ1) is 8.67. The topological polar surface area (TPSA) is 15.3 Å². The SMILES string of the molecule is CCCN(C)CCC(NCC)c1cccc(C)c1. The van der Waals surface area contributed by atoms with Gasteiger partial charge in [-0.1, -0.05) is 43.7 Å². The molecule has 0 bridgehead atoms. The summed E-state index contributed by atoms with van der Waals surface area (Å²) < 4.78 is 0. The van der Waals surface area contributed by atoms with Gasteiger partial charge in [0, 0.05) is 6.04 Å². The summed E-state index contributed by atoms with van der Waals surface area (Å²) in [5.74, 6) is 0. The lowest BCUT2D eigenvalue weighted by atomic mass is 10.0. The molecule has 0 fully saturated rings. The summed E-state index contributed by atoms with van der Waals surface area (Å²) in [5.41, 5.74) is 2.76. The van der Waals surface area contributed by atoms with Crippen molar-refractivity contribution in [3.8, 4) is 0 Å². The van der Waals surface area contributed by atoms with Gasteiger partial charge in [0.05, 0.1) is 0 Å². The summed E-state index contributed by atoms with van der Waals surface area (Å²) in [7, 11) is 2.21. The molecule has 1 N–H and O–H groups in total. The molecule has 0 aliphatic carbocycles. The molecule has 2 nitrogen and oxygen atoms in total. The quantitative estimate of drug-likeness (QED) is 0.759. The summed E-state index contributed by atoms with van der Waals surface area (Å²) in [4.78, 5) is 2.42. The second-order valence-corrected chi connectivity index (χ2v) is 5.12. The van der Waals surface area contributed by atoms with Crippen LogP contribution in [0.5, 0.6) is 0 Å². The second-order valence-electron chi connectivity index (χ2n) is 5.12. The van der Waals surface area contributed by atoms with Crippen LogP contribution < -0.4 is 5.32 Å². The molecule has 2 heteroatoms. The van der Waals surface area contributed by atoms with Crippen LogP contribution in [0.1, 0.15) is 43.9 Å². The Kier molecular flexibility index (Phi) is 6.99. The van der Waals surface area contributed by atoms with E-state index in [4.69, 9.17) is 0 Å². The molecular weight excluding hydrogens is 220 g/mol. The Morgan fingerprint density at radius 2 is 2.00 bits per heavy atom. The van der Waals surface area contributed by atoms with Crippen LogP contribution in [0.25, 0.3) is 0 Å². The summed E-state index contributed by atoms with van der Waals surface area (Å²) in [6, 6.07) is 9.34. The number of aryl methyl sites for hydroxylation is 1. The Morgan fingerprint density at radius 3 is 2.61 bits per heavy atom. The highest BCUT2D eigenvalue weighted by Gasteiger charge is 2.11.